The second-order valence-electron chi connectivity index (χ2n) is 8.04. The zero-order valence-corrected chi connectivity index (χ0v) is 12.2. The number of piperidine rings is 1. The lowest BCUT2D eigenvalue weighted by atomic mass is 9.49. The van der Waals surface area contributed by atoms with Crippen molar-refractivity contribution >= 4 is 5.91 Å². The molecule has 1 aliphatic heterocycles. The molecule has 5 aliphatic rings. The van der Waals surface area contributed by atoms with Crippen molar-refractivity contribution in [1.82, 2.24) is 4.90 Å². The van der Waals surface area contributed by atoms with Crippen molar-refractivity contribution in [3.8, 4) is 0 Å². The highest BCUT2D eigenvalue weighted by atomic mass is 16.2. The predicted octanol–water partition coefficient (Wildman–Crippen LogP) is 3.60. The fourth-order valence-corrected chi connectivity index (χ4v) is 6.08. The van der Waals surface area contributed by atoms with E-state index in [2.05, 4.69) is 11.8 Å². The van der Waals surface area contributed by atoms with E-state index in [0.29, 0.717) is 11.9 Å². The quantitative estimate of drug-likeness (QED) is 0.706. The highest BCUT2D eigenvalue weighted by molar-refractivity contribution is 5.83. The number of carbonyl (C=O) groups excluding carboxylic acids is 1. The van der Waals surface area contributed by atoms with E-state index in [0.717, 1.165) is 24.3 Å². The summed E-state index contributed by atoms with van der Waals surface area (Å²) < 4.78 is 0. The van der Waals surface area contributed by atoms with Crippen LogP contribution in [-0.4, -0.2) is 23.4 Å². The third-order valence-corrected chi connectivity index (χ3v) is 6.56. The second-order valence-corrected chi connectivity index (χ2v) is 8.04. The molecular weight excluding hydrogens is 234 g/mol. The van der Waals surface area contributed by atoms with Gasteiger partial charge in [0.15, 0.2) is 0 Å². The Bertz CT molecular complexity index is 353. The minimum absolute atomic E-state index is 0.0837. The average molecular weight is 261 g/mol. The molecule has 106 valence electrons. The van der Waals surface area contributed by atoms with Crippen LogP contribution in [-0.2, 0) is 4.79 Å². The fraction of sp³-hybridized carbons (Fsp3) is 0.941. The summed E-state index contributed by atoms with van der Waals surface area (Å²) in [5, 5.41) is 0. The predicted molar refractivity (Wildman–Crippen MR) is 75.6 cm³/mol. The van der Waals surface area contributed by atoms with Crippen molar-refractivity contribution in [2.24, 2.45) is 23.2 Å². The molecule has 4 aliphatic carbocycles. The van der Waals surface area contributed by atoms with E-state index < -0.39 is 0 Å². The van der Waals surface area contributed by atoms with Crippen molar-refractivity contribution in [3.05, 3.63) is 0 Å². The van der Waals surface area contributed by atoms with Gasteiger partial charge in [0.05, 0.1) is 5.41 Å². The number of hydrogen-bond donors (Lipinski definition) is 0. The first kappa shape index (κ1) is 12.2. The molecule has 1 amide bonds. The molecule has 19 heavy (non-hydrogen) atoms. The Morgan fingerprint density at radius 2 is 1.58 bits per heavy atom. The average Bonchev–Trinajstić information content (AvgIpc) is 2.37. The summed E-state index contributed by atoms with van der Waals surface area (Å²) in [7, 11) is 0. The molecule has 4 saturated carbocycles. The van der Waals surface area contributed by atoms with Gasteiger partial charge in [-0.15, -0.1) is 0 Å². The lowest BCUT2D eigenvalue weighted by Gasteiger charge is -2.57. The molecule has 1 atom stereocenters. The number of likely N-dealkylation sites (tertiary alicyclic amines) is 1. The van der Waals surface area contributed by atoms with Crippen LogP contribution in [0, 0.1) is 23.2 Å². The van der Waals surface area contributed by atoms with Crippen molar-refractivity contribution in [2.75, 3.05) is 6.54 Å². The smallest absolute Gasteiger partial charge is 0.229 e. The number of rotatable bonds is 1. The Morgan fingerprint density at radius 3 is 2.11 bits per heavy atom. The van der Waals surface area contributed by atoms with Gasteiger partial charge >= 0.3 is 0 Å². The van der Waals surface area contributed by atoms with E-state index in [1.807, 2.05) is 0 Å². The summed E-state index contributed by atoms with van der Waals surface area (Å²) >= 11 is 0. The summed E-state index contributed by atoms with van der Waals surface area (Å²) in [4.78, 5) is 15.4. The van der Waals surface area contributed by atoms with Crippen LogP contribution in [0.2, 0.25) is 0 Å². The summed E-state index contributed by atoms with van der Waals surface area (Å²) in [5.74, 6) is 3.21. The molecule has 0 N–H and O–H groups in total. The van der Waals surface area contributed by atoms with E-state index in [1.54, 1.807) is 0 Å². The van der Waals surface area contributed by atoms with E-state index in [1.165, 1.54) is 57.8 Å². The minimum atomic E-state index is 0.0837. The highest BCUT2D eigenvalue weighted by Gasteiger charge is 2.55. The molecule has 0 radical (unpaired) electrons. The molecule has 0 aromatic heterocycles. The van der Waals surface area contributed by atoms with Crippen molar-refractivity contribution in [1.29, 1.82) is 0 Å². The molecule has 5 fully saturated rings. The van der Waals surface area contributed by atoms with Crippen LogP contribution in [0.4, 0.5) is 0 Å². The van der Waals surface area contributed by atoms with E-state index in [4.69, 9.17) is 0 Å². The Balaban J connectivity index is 1.59. The maximum Gasteiger partial charge on any atom is 0.229 e. The minimum Gasteiger partial charge on any atom is -0.340 e. The molecule has 4 bridgehead atoms. The number of amides is 1. The molecule has 2 nitrogen and oxygen atoms in total. The molecule has 2 heteroatoms. The largest absolute Gasteiger partial charge is 0.340 e. The summed E-state index contributed by atoms with van der Waals surface area (Å²) in [6, 6.07) is 0.495. The van der Waals surface area contributed by atoms with Crippen LogP contribution in [0.25, 0.3) is 0 Å². The summed E-state index contributed by atoms with van der Waals surface area (Å²) in [5.41, 5.74) is 0.0837. The first-order valence-electron chi connectivity index (χ1n) is 8.47. The number of hydrogen-bond acceptors (Lipinski definition) is 1. The van der Waals surface area contributed by atoms with Crippen molar-refractivity contribution < 1.29 is 4.79 Å². The first-order chi connectivity index (χ1) is 9.16. The summed E-state index contributed by atoms with van der Waals surface area (Å²) in [6.45, 7) is 3.29. The van der Waals surface area contributed by atoms with E-state index >= 15 is 0 Å². The maximum absolute atomic E-state index is 13.2. The van der Waals surface area contributed by atoms with Crippen LogP contribution < -0.4 is 0 Å². The molecular formula is C17H27NO. The van der Waals surface area contributed by atoms with Gasteiger partial charge in [0.2, 0.25) is 5.91 Å². The summed E-state index contributed by atoms with van der Waals surface area (Å²) in [6.07, 6.45) is 11.7. The molecule has 0 aromatic rings. The molecule has 0 unspecified atom stereocenters. The Labute approximate surface area is 116 Å². The van der Waals surface area contributed by atoms with Crippen LogP contribution in [0.5, 0.6) is 0 Å². The van der Waals surface area contributed by atoms with Crippen molar-refractivity contribution in [3.63, 3.8) is 0 Å². The van der Waals surface area contributed by atoms with Crippen LogP contribution in [0.3, 0.4) is 0 Å². The lowest BCUT2D eigenvalue weighted by molar-refractivity contribution is -0.161. The van der Waals surface area contributed by atoms with Gasteiger partial charge in [0.1, 0.15) is 0 Å². The SMILES string of the molecule is C[C@@H]1CCCCN1C(=O)C12CC3CC(CC(C3)C1)C2. The van der Waals surface area contributed by atoms with Crippen LogP contribution >= 0.6 is 0 Å². The molecule has 0 spiro atoms. The van der Waals surface area contributed by atoms with Gasteiger partial charge in [-0.25, -0.2) is 0 Å². The zero-order chi connectivity index (χ0) is 13.0. The van der Waals surface area contributed by atoms with E-state index in [9.17, 15) is 4.79 Å². The Kier molecular flexibility index (Phi) is 2.72. The van der Waals surface area contributed by atoms with Gasteiger partial charge in [0.25, 0.3) is 0 Å². The normalized spacial score (nSPS) is 48.6. The molecule has 1 saturated heterocycles. The third-order valence-electron chi connectivity index (χ3n) is 6.56. The fourth-order valence-electron chi connectivity index (χ4n) is 6.08. The second kappa shape index (κ2) is 4.23. The van der Waals surface area contributed by atoms with Crippen molar-refractivity contribution in [2.45, 2.75) is 70.8 Å². The van der Waals surface area contributed by atoms with Crippen LogP contribution in [0.1, 0.15) is 64.7 Å². The van der Waals surface area contributed by atoms with E-state index in [-0.39, 0.29) is 5.41 Å². The van der Waals surface area contributed by atoms with Gasteiger partial charge in [-0.1, -0.05) is 0 Å². The molecule has 0 aromatic carbocycles. The van der Waals surface area contributed by atoms with Gasteiger partial charge < -0.3 is 4.90 Å². The van der Waals surface area contributed by atoms with Crippen LogP contribution in [0.15, 0.2) is 0 Å². The lowest BCUT2D eigenvalue weighted by Crippen LogP contribution is -2.57. The monoisotopic (exact) mass is 261 g/mol. The third kappa shape index (κ3) is 1.86. The standard InChI is InChI=1S/C17H27NO/c1-12-4-2-3-5-18(12)16(19)17-9-13-6-14(10-17)8-15(7-13)11-17/h12-15H,2-11H2,1H3/t12-,13?,14?,15?,17?/m1/s1. The Hall–Kier alpha value is -0.530. The number of nitrogens with zero attached hydrogens (tertiary/aromatic N) is 1. The van der Waals surface area contributed by atoms with Gasteiger partial charge in [-0.05, 0) is 82.5 Å². The Morgan fingerprint density at radius 1 is 1.00 bits per heavy atom. The highest BCUT2D eigenvalue weighted by Crippen LogP contribution is 2.60. The topological polar surface area (TPSA) is 20.3 Å². The molecule has 1 heterocycles. The van der Waals surface area contributed by atoms with Gasteiger partial charge in [-0.3, -0.25) is 4.79 Å². The van der Waals surface area contributed by atoms with Gasteiger partial charge in [-0.2, -0.15) is 0 Å². The maximum atomic E-state index is 13.2. The first-order valence-corrected chi connectivity index (χ1v) is 8.47. The van der Waals surface area contributed by atoms with Gasteiger partial charge in [0, 0.05) is 12.6 Å². The molecule has 5 rings (SSSR count). The zero-order valence-electron chi connectivity index (χ0n) is 12.2. The number of carbonyl (C=O) groups is 1.